The van der Waals surface area contributed by atoms with E-state index in [1.165, 1.54) is 18.2 Å². The van der Waals surface area contributed by atoms with Gasteiger partial charge in [-0.1, -0.05) is 24.3 Å². The smallest absolute Gasteiger partial charge is 0.282 e. The predicted octanol–water partition coefficient (Wildman–Crippen LogP) is 1.64. The molecule has 0 bridgehead atoms. The van der Waals surface area contributed by atoms with Crippen LogP contribution in [-0.2, 0) is 20.2 Å². The van der Waals surface area contributed by atoms with Gasteiger partial charge in [0.1, 0.15) is 9.79 Å². The molecule has 0 aliphatic heterocycles. The second-order valence-electron chi connectivity index (χ2n) is 4.01. The summed E-state index contributed by atoms with van der Waals surface area (Å²) < 4.78 is 63.5. The summed E-state index contributed by atoms with van der Waals surface area (Å²) in [5.41, 5.74) is 0.712. The van der Waals surface area contributed by atoms with Gasteiger partial charge in [0.15, 0.2) is 0 Å². The Hall–Kier alpha value is -1.48. The van der Waals surface area contributed by atoms with Gasteiger partial charge >= 0.3 is 0 Å². The monoisotopic (exact) mass is 302 g/mol. The summed E-state index contributed by atoms with van der Waals surface area (Å²) in [6, 6.07) is 6.93. The zero-order chi connectivity index (χ0) is 14.4. The predicted molar refractivity (Wildman–Crippen MR) is 68.3 cm³/mol. The fraction of sp³-hybridized carbons (Fsp3) is 0.0909. The molecule has 0 spiro atoms. The lowest BCUT2D eigenvalue weighted by atomic mass is 10.1. The maximum Gasteiger partial charge on any atom is 0.296 e. The topological polar surface area (TPSA) is 109 Å². The SMILES string of the molecule is Cc1cccc2c(S(=O)(=O)O)c(S(=O)(=O)O)ccc12. The number of hydrogen-bond donors (Lipinski definition) is 2. The molecule has 0 aromatic heterocycles. The Bertz CT molecular complexity index is 865. The number of benzene rings is 2. The summed E-state index contributed by atoms with van der Waals surface area (Å²) in [6.45, 7) is 1.71. The van der Waals surface area contributed by atoms with Crippen LogP contribution >= 0.6 is 0 Å². The van der Waals surface area contributed by atoms with E-state index in [-0.39, 0.29) is 5.39 Å². The third-order valence-corrected chi connectivity index (χ3v) is 4.71. The number of rotatable bonds is 2. The number of fused-ring (bicyclic) bond motifs is 1. The van der Waals surface area contributed by atoms with Gasteiger partial charge in [-0.2, -0.15) is 16.8 Å². The minimum atomic E-state index is -4.80. The number of aryl methyl sites for hydroxylation is 1. The van der Waals surface area contributed by atoms with Crippen molar-refractivity contribution in [1.29, 1.82) is 0 Å². The highest BCUT2D eigenvalue weighted by Crippen LogP contribution is 2.31. The van der Waals surface area contributed by atoms with Crippen LogP contribution in [0.5, 0.6) is 0 Å². The van der Waals surface area contributed by atoms with E-state index in [9.17, 15) is 21.4 Å². The van der Waals surface area contributed by atoms with Crippen LogP contribution in [-0.4, -0.2) is 25.9 Å². The summed E-state index contributed by atoms with van der Waals surface area (Å²) in [5.74, 6) is 0. The highest BCUT2D eigenvalue weighted by atomic mass is 32.2. The molecule has 0 atom stereocenters. The molecule has 2 rings (SSSR count). The molecular formula is C11H10O6S2. The Morgan fingerprint density at radius 2 is 1.47 bits per heavy atom. The summed E-state index contributed by atoms with van der Waals surface area (Å²) in [5, 5.41) is 0.514. The minimum Gasteiger partial charge on any atom is -0.282 e. The first-order valence-corrected chi connectivity index (χ1v) is 7.97. The van der Waals surface area contributed by atoms with Gasteiger partial charge in [0.25, 0.3) is 20.2 Å². The summed E-state index contributed by atoms with van der Waals surface area (Å²) in [4.78, 5) is -1.65. The molecular weight excluding hydrogens is 292 g/mol. The molecule has 0 aliphatic rings. The van der Waals surface area contributed by atoms with Crippen molar-refractivity contribution in [3.05, 3.63) is 35.9 Å². The third kappa shape index (κ3) is 2.47. The van der Waals surface area contributed by atoms with Gasteiger partial charge in [-0.15, -0.1) is 0 Å². The van der Waals surface area contributed by atoms with E-state index < -0.39 is 30.0 Å². The molecule has 0 amide bonds. The van der Waals surface area contributed by atoms with Crippen molar-refractivity contribution in [3.8, 4) is 0 Å². The number of hydrogen-bond acceptors (Lipinski definition) is 4. The molecule has 0 unspecified atom stereocenters. The van der Waals surface area contributed by atoms with Crippen LogP contribution in [0.2, 0.25) is 0 Å². The maximum atomic E-state index is 11.4. The van der Waals surface area contributed by atoms with Crippen LogP contribution in [0, 0.1) is 6.92 Å². The summed E-state index contributed by atoms with van der Waals surface area (Å²) in [6.07, 6.45) is 0. The lowest BCUT2D eigenvalue weighted by Gasteiger charge is -2.10. The quantitative estimate of drug-likeness (QED) is 0.816. The van der Waals surface area contributed by atoms with E-state index in [1.54, 1.807) is 13.0 Å². The Balaban J connectivity index is 3.12. The molecule has 0 radical (unpaired) electrons. The van der Waals surface area contributed by atoms with Crippen molar-refractivity contribution in [2.24, 2.45) is 0 Å². The maximum absolute atomic E-state index is 11.4. The van der Waals surface area contributed by atoms with Crippen LogP contribution in [0.4, 0.5) is 0 Å². The molecule has 102 valence electrons. The van der Waals surface area contributed by atoms with Crippen molar-refractivity contribution < 1.29 is 25.9 Å². The highest BCUT2D eigenvalue weighted by Gasteiger charge is 2.26. The van der Waals surface area contributed by atoms with Crippen molar-refractivity contribution in [3.63, 3.8) is 0 Å². The second kappa shape index (κ2) is 4.27. The largest absolute Gasteiger partial charge is 0.296 e. The van der Waals surface area contributed by atoms with Crippen LogP contribution in [0.3, 0.4) is 0 Å². The van der Waals surface area contributed by atoms with Crippen LogP contribution in [0.25, 0.3) is 10.8 Å². The van der Waals surface area contributed by atoms with E-state index in [1.807, 2.05) is 0 Å². The third-order valence-electron chi connectivity index (χ3n) is 2.73. The zero-order valence-corrected chi connectivity index (χ0v) is 11.4. The average molecular weight is 302 g/mol. The Kier molecular flexibility index (Phi) is 3.13. The minimum absolute atomic E-state index is 0.0395. The van der Waals surface area contributed by atoms with E-state index in [4.69, 9.17) is 4.55 Å². The Labute approximate surface area is 110 Å². The molecule has 2 N–H and O–H groups in total. The second-order valence-corrected chi connectivity index (χ2v) is 6.76. The van der Waals surface area contributed by atoms with Crippen molar-refractivity contribution in [1.82, 2.24) is 0 Å². The van der Waals surface area contributed by atoms with Gasteiger partial charge in [0, 0.05) is 5.39 Å². The average Bonchev–Trinajstić information content (AvgIpc) is 2.25. The van der Waals surface area contributed by atoms with E-state index in [2.05, 4.69) is 0 Å². The van der Waals surface area contributed by atoms with Crippen molar-refractivity contribution in [2.45, 2.75) is 16.7 Å². The molecule has 0 aliphatic carbocycles. The lowest BCUT2D eigenvalue weighted by Crippen LogP contribution is -2.09. The van der Waals surface area contributed by atoms with Gasteiger partial charge in [-0.3, -0.25) is 9.11 Å². The fourth-order valence-corrected chi connectivity index (χ4v) is 3.93. The van der Waals surface area contributed by atoms with Crippen LogP contribution < -0.4 is 0 Å². The highest BCUT2D eigenvalue weighted by molar-refractivity contribution is 7.89. The summed E-state index contributed by atoms with van der Waals surface area (Å²) >= 11 is 0. The Morgan fingerprint density at radius 3 is 2.00 bits per heavy atom. The molecule has 2 aromatic rings. The molecule has 6 nitrogen and oxygen atoms in total. The van der Waals surface area contributed by atoms with Gasteiger partial charge < -0.3 is 0 Å². The van der Waals surface area contributed by atoms with E-state index in [0.717, 1.165) is 6.07 Å². The molecule has 2 aromatic carbocycles. The molecule has 8 heteroatoms. The van der Waals surface area contributed by atoms with Crippen LogP contribution in [0.1, 0.15) is 5.56 Å². The van der Waals surface area contributed by atoms with Crippen LogP contribution in [0.15, 0.2) is 40.1 Å². The van der Waals surface area contributed by atoms with E-state index >= 15 is 0 Å². The molecule has 19 heavy (non-hydrogen) atoms. The summed E-state index contributed by atoms with van der Waals surface area (Å²) in [7, 11) is -9.56. The molecule has 0 saturated carbocycles. The van der Waals surface area contributed by atoms with Gasteiger partial charge in [0.2, 0.25) is 0 Å². The molecule has 0 saturated heterocycles. The normalized spacial score (nSPS) is 12.8. The van der Waals surface area contributed by atoms with Gasteiger partial charge in [-0.05, 0) is 23.9 Å². The van der Waals surface area contributed by atoms with E-state index in [0.29, 0.717) is 10.9 Å². The Morgan fingerprint density at radius 1 is 0.842 bits per heavy atom. The first-order chi connectivity index (χ1) is 8.62. The lowest BCUT2D eigenvalue weighted by molar-refractivity contribution is 0.467. The standard InChI is InChI=1S/C11H10O6S2/c1-7-3-2-4-9-8(7)5-6-10(18(12,13)14)11(9)19(15,16)17/h2-6H,1H3,(H,12,13,14)(H,15,16,17). The molecule has 0 heterocycles. The van der Waals surface area contributed by atoms with Crippen molar-refractivity contribution in [2.75, 3.05) is 0 Å². The van der Waals surface area contributed by atoms with Crippen molar-refractivity contribution >= 4 is 31.0 Å². The van der Waals surface area contributed by atoms with Gasteiger partial charge in [-0.25, -0.2) is 0 Å². The first-order valence-electron chi connectivity index (χ1n) is 5.09. The van der Waals surface area contributed by atoms with Gasteiger partial charge in [0.05, 0.1) is 0 Å². The molecule has 0 fully saturated rings. The fourth-order valence-electron chi connectivity index (χ4n) is 1.94. The first kappa shape index (κ1) is 13.9. The zero-order valence-electron chi connectivity index (χ0n) is 9.73.